The van der Waals surface area contributed by atoms with Crippen LogP contribution in [0.4, 0.5) is 0 Å². The van der Waals surface area contributed by atoms with Crippen LogP contribution < -0.4 is 0 Å². The Labute approximate surface area is 148 Å². The molecule has 1 heterocycles. The number of hydrogen-bond acceptors (Lipinski definition) is 6. The highest BCUT2D eigenvalue weighted by atomic mass is 16.5. The summed E-state index contributed by atoms with van der Waals surface area (Å²) < 4.78 is 9.62. The van der Waals surface area contributed by atoms with E-state index in [4.69, 9.17) is 14.9 Å². The van der Waals surface area contributed by atoms with Gasteiger partial charge in [-0.25, -0.2) is 0 Å². The second-order valence-electron chi connectivity index (χ2n) is 7.03. The first-order valence-electron chi connectivity index (χ1n) is 8.48. The van der Waals surface area contributed by atoms with Gasteiger partial charge >= 0.3 is 13.4 Å². The fraction of sp³-hybridized carbons (Fsp3) is 0.889. The number of methoxy groups -OCH3 is 1. The van der Waals surface area contributed by atoms with Crippen molar-refractivity contribution in [3.05, 3.63) is 0 Å². The zero-order valence-corrected chi connectivity index (χ0v) is 16.2. The van der Waals surface area contributed by atoms with Crippen molar-refractivity contribution in [3.8, 4) is 0 Å². The standard InChI is InChI=1S/C9H18O3.C8H14O2.CH4O/c1-9(2,8(11)12-3)6-4-5-7-10;1-8(2)5-3-4-6-10-7(8)9;1-2/h10H,4-7H2,1-3H3;3-6H2,1-2H3;2H,1H3/p+1. The molecule has 0 aromatic heterocycles. The molecule has 1 rings (SSSR count). The Morgan fingerprint density at radius 2 is 1.88 bits per heavy atom. The van der Waals surface area contributed by atoms with Gasteiger partial charge in [-0.15, -0.1) is 0 Å². The van der Waals surface area contributed by atoms with Crippen molar-refractivity contribution in [1.29, 1.82) is 0 Å². The number of carbonyl (C=O) groups is 2. The second kappa shape index (κ2) is 13.2. The number of aliphatic hydroxyl groups excluding tert-OH is 2. The third-order valence-electron chi connectivity index (χ3n) is 3.93. The quantitative estimate of drug-likeness (QED) is 0.585. The van der Waals surface area contributed by atoms with E-state index in [0.717, 1.165) is 45.6 Å². The molecule has 0 amide bonds. The van der Waals surface area contributed by atoms with Crippen LogP contribution in [0.25, 0.3) is 0 Å². The molecule has 1 fully saturated rings. The Hall–Kier alpha value is -1.14. The Morgan fingerprint density at radius 1 is 1.29 bits per heavy atom. The van der Waals surface area contributed by atoms with Crippen LogP contribution in [0.3, 0.4) is 0 Å². The van der Waals surface area contributed by atoms with Gasteiger partial charge in [-0.2, -0.15) is 0 Å². The molecule has 24 heavy (non-hydrogen) atoms. The summed E-state index contributed by atoms with van der Waals surface area (Å²) >= 11 is 0. The van der Waals surface area contributed by atoms with Crippen LogP contribution in [-0.2, 0) is 19.1 Å². The zero-order chi connectivity index (χ0) is 19.2. The van der Waals surface area contributed by atoms with Crippen LogP contribution in [0.1, 0.15) is 67.6 Å². The number of rotatable bonds is 5. The van der Waals surface area contributed by atoms with Gasteiger partial charge in [0.05, 0.1) is 24.5 Å². The van der Waals surface area contributed by atoms with Crippen LogP contribution in [0, 0.1) is 10.8 Å². The highest BCUT2D eigenvalue weighted by Gasteiger charge is 2.30. The highest BCUT2D eigenvalue weighted by Crippen LogP contribution is 2.27. The van der Waals surface area contributed by atoms with E-state index < -0.39 is 5.41 Å². The number of esters is 2. The molecule has 6 heteroatoms. The third-order valence-corrected chi connectivity index (χ3v) is 3.93. The number of unbranched alkanes of at least 4 members (excludes halogenated alkanes) is 1. The lowest BCUT2D eigenvalue weighted by Crippen LogP contribution is -2.25. The van der Waals surface area contributed by atoms with Crippen molar-refractivity contribution in [2.24, 2.45) is 10.8 Å². The summed E-state index contributed by atoms with van der Waals surface area (Å²) in [5, 5.41) is 15.5. The van der Waals surface area contributed by atoms with Crippen molar-refractivity contribution in [1.82, 2.24) is 0 Å². The molecular weight excluding hydrogens is 312 g/mol. The first-order valence-corrected chi connectivity index (χ1v) is 8.48. The maximum Gasteiger partial charge on any atom is 1.00 e. The van der Waals surface area contributed by atoms with Crippen LogP contribution in [0.2, 0.25) is 0 Å². The van der Waals surface area contributed by atoms with Gasteiger partial charge in [-0.3, -0.25) is 9.59 Å². The van der Waals surface area contributed by atoms with E-state index in [-0.39, 0.29) is 25.4 Å². The molecule has 0 radical (unpaired) electrons. The van der Waals surface area contributed by atoms with E-state index >= 15 is 0 Å². The predicted octanol–water partition coefficient (Wildman–Crippen LogP) is 2.81. The molecule has 1 saturated heterocycles. The molecular formula is C18H37O6+. The first-order chi connectivity index (χ1) is 11.2. The van der Waals surface area contributed by atoms with Crippen LogP contribution in [0.5, 0.6) is 0 Å². The molecule has 0 spiro atoms. The van der Waals surface area contributed by atoms with Gasteiger partial charge in [0.15, 0.2) is 0 Å². The zero-order valence-electron chi connectivity index (χ0n) is 17.2. The lowest BCUT2D eigenvalue weighted by molar-refractivity contribution is -0.152. The summed E-state index contributed by atoms with van der Waals surface area (Å²) in [5.74, 6) is -0.217. The molecule has 6 nitrogen and oxygen atoms in total. The molecule has 2 N–H and O–H groups in total. The summed E-state index contributed by atoms with van der Waals surface area (Å²) in [6.45, 7) is 8.41. The SMILES string of the molecule is CC1(C)CCCCOC1=O.CO.COC(=O)C(C)(C)CCCCO.[H+]. The summed E-state index contributed by atoms with van der Waals surface area (Å²) in [7, 11) is 2.40. The van der Waals surface area contributed by atoms with Crippen molar-refractivity contribution in [2.45, 2.75) is 66.2 Å². The number of cyclic esters (lactones) is 1. The van der Waals surface area contributed by atoms with Crippen LogP contribution in [0.15, 0.2) is 0 Å². The van der Waals surface area contributed by atoms with Crippen molar-refractivity contribution >= 4 is 11.9 Å². The van der Waals surface area contributed by atoms with E-state index in [0.29, 0.717) is 6.61 Å². The van der Waals surface area contributed by atoms with Crippen LogP contribution >= 0.6 is 0 Å². The largest absolute Gasteiger partial charge is 1.00 e. The van der Waals surface area contributed by atoms with Gasteiger partial charge in [0, 0.05) is 13.7 Å². The van der Waals surface area contributed by atoms with Crippen molar-refractivity contribution in [3.63, 3.8) is 0 Å². The molecule has 0 saturated carbocycles. The first kappa shape index (κ1) is 25.1. The smallest absolute Gasteiger partial charge is 0.469 e. The van der Waals surface area contributed by atoms with Gasteiger partial charge in [0.1, 0.15) is 0 Å². The maximum absolute atomic E-state index is 11.1. The van der Waals surface area contributed by atoms with E-state index in [9.17, 15) is 9.59 Å². The molecule has 0 aliphatic carbocycles. The van der Waals surface area contributed by atoms with Gasteiger partial charge in [0.2, 0.25) is 0 Å². The van der Waals surface area contributed by atoms with Gasteiger partial charge < -0.3 is 19.7 Å². The minimum absolute atomic E-state index is 0. The molecule has 0 aromatic rings. The second-order valence-corrected chi connectivity index (χ2v) is 7.03. The number of carbonyl (C=O) groups excluding carboxylic acids is 2. The monoisotopic (exact) mass is 349 g/mol. The van der Waals surface area contributed by atoms with Crippen LogP contribution in [-0.4, -0.2) is 49.6 Å². The molecule has 144 valence electrons. The number of hydrogen-bond donors (Lipinski definition) is 2. The van der Waals surface area contributed by atoms with Crippen molar-refractivity contribution < 1.29 is 30.7 Å². The fourth-order valence-electron chi connectivity index (χ4n) is 2.19. The summed E-state index contributed by atoms with van der Waals surface area (Å²) in [6.07, 6.45) is 5.47. The molecule has 0 atom stereocenters. The summed E-state index contributed by atoms with van der Waals surface area (Å²) in [6, 6.07) is 0. The Morgan fingerprint density at radius 3 is 2.38 bits per heavy atom. The molecule has 0 aromatic carbocycles. The van der Waals surface area contributed by atoms with E-state index in [1.54, 1.807) is 0 Å². The van der Waals surface area contributed by atoms with Gasteiger partial charge in [-0.05, 0) is 59.8 Å². The highest BCUT2D eigenvalue weighted by molar-refractivity contribution is 5.76. The summed E-state index contributed by atoms with van der Waals surface area (Å²) in [5.41, 5.74) is -0.652. The Balaban J connectivity index is -0.000000342. The maximum atomic E-state index is 11.1. The molecule has 0 unspecified atom stereocenters. The Kier molecular flexibility index (Phi) is 13.8. The normalized spacial score (nSPS) is 16.4. The van der Waals surface area contributed by atoms with E-state index in [1.165, 1.54) is 7.11 Å². The molecule has 0 bridgehead atoms. The van der Waals surface area contributed by atoms with Gasteiger partial charge in [0.25, 0.3) is 0 Å². The number of ether oxygens (including phenoxy) is 2. The van der Waals surface area contributed by atoms with E-state index in [1.807, 2.05) is 27.7 Å². The van der Waals surface area contributed by atoms with Crippen molar-refractivity contribution in [2.75, 3.05) is 27.4 Å². The minimum Gasteiger partial charge on any atom is -0.469 e. The lowest BCUT2D eigenvalue weighted by atomic mass is 9.87. The fourth-order valence-corrected chi connectivity index (χ4v) is 2.19. The molecule has 1 aliphatic heterocycles. The lowest BCUT2D eigenvalue weighted by Gasteiger charge is -2.20. The predicted molar refractivity (Wildman–Crippen MR) is 94.6 cm³/mol. The van der Waals surface area contributed by atoms with Gasteiger partial charge in [-0.1, -0.05) is 6.42 Å². The number of aliphatic hydroxyl groups is 2. The van der Waals surface area contributed by atoms with E-state index in [2.05, 4.69) is 4.74 Å². The topological polar surface area (TPSA) is 93.1 Å². The molecule has 1 aliphatic rings. The third kappa shape index (κ3) is 10.6. The summed E-state index contributed by atoms with van der Waals surface area (Å²) in [4.78, 5) is 22.3. The average molecular weight is 349 g/mol. The average Bonchev–Trinajstić information content (AvgIpc) is 2.70. The Bertz CT molecular complexity index is 355. The minimum atomic E-state index is -0.413.